The summed E-state index contributed by atoms with van der Waals surface area (Å²) in [5, 5.41) is 7.08. The largest absolute Gasteiger partial charge is 0.497 e. The number of benzene rings is 2. The summed E-state index contributed by atoms with van der Waals surface area (Å²) >= 11 is 5.82. The number of nitrogens with zero attached hydrogens (tertiary/aromatic N) is 3. The van der Waals surface area contributed by atoms with Gasteiger partial charge in [0.05, 0.1) is 24.9 Å². The lowest BCUT2D eigenvalue weighted by Gasteiger charge is -2.28. The lowest BCUT2D eigenvalue weighted by molar-refractivity contribution is -0.116. The third-order valence-corrected chi connectivity index (χ3v) is 7.29. The van der Waals surface area contributed by atoms with Gasteiger partial charge in [0.1, 0.15) is 5.75 Å². The topological polar surface area (TPSA) is 71.4 Å². The summed E-state index contributed by atoms with van der Waals surface area (Å²) in [4.78, 5) is 19.6. The Kier molecular flexibility index (Phi) is 7.42. The number of para-hydroxylation sites is 1. The van der Waals surface area contributed by atoms with E-state index in [4.69, 9.17) is 17.0 Å². The number of carbonyl (C=O) groups is 1. The molecule has 0 spiro atoms. The molecule has 0 bridgehead atoms. The molecule has 0 saturated carbocycles. The zero-order valence-corrected chi connectivity index (χ0v) is 22.5. The zero-order valence-electron chi connectivity index (χ0n) is 21.7. The normalized spacial score (nSPS) is 16.8. The molecule has 1 aliphatic heterocycles. The fourth-order valence-corrected chi connectivity index (χ4v) is 5.52. The number of aryl methyl sites for hydroxylation is 1. The molecule has 7 nitrogen and oxygen atoms in total. The number of nitrogens with one attached hydrogen (secondary N) is 2. The summed E-state index contributed by atoms with van der Waals surface area (Å²) in [7, 11) is 1.67. The molecule has 1 amide bonds. The predicted molar refractivity (Wildman–Crippen MR) is 154 cm³/mol. The first-order chi connectivity index (χ1) is 18.5. The number of methoxy groups -OCH3 is 1. The Labute approximate surface area is 228 Å². The number of aromatic nitrogens is 2. The number of rotatable bonds is 8. The van der Waals surface area contributed by atoms with Crippen LogP contribution in [0, 0.1) is 13.8 Å². The van der Waals surface area contributed by atoms with Crippen LogP contribution in [0.3, 0.4) is 0 Å². The highest BCUT2D eigenvalue weighted by Gasteiger charge is 2.41. The molecule has 1 fully saturated rings. The predicted octanol–water partition coefficient (Wildman–Crippen LogP) is 5.50. The fraction of sp³-hybridized carbons (Fsp3) is 0.233. The molecule has 2 aromatic carbocycles. The molecule has 4 aromatic rings. The monoisotopic (exact) mass is 525 g/mol. The van der Waals surface area contributed by atoms with E-state index in [2.05, 4.69) is 51.1 Å². The van der Waals surface area contributed by atoms with E-state index in [0.717, 1.165) is 39.8 Å². The second-order valence-electron chi connectivity index (χ2n) is 9.35. The van der Waals surface area contributed by atoms with Crippen LogP contribution in [0.25, 0.3) is 5.69 Å². The minimum absolute atomic E-state index is 0.0547. The first-order valence-corrected chi connectivity index (χ1v) is 13.0. The van der Waals surface area contributed by atoms with Crippen molar-refractivity contribution in [2.24, 2.45) is 0 Å². The molecule has 5 rings (SSSR count). The van der Waals surface area contributed by atoms with Crippen LogP contribution in [-0.4, -0.2) is 39.1 Å². The van der Waals surface area contributed by atoms with Crippen molar-refractivity contribution in [2.75, 3.05) is 19.0 Å². The van der Waals surface area contributed by atoms with E-state index in [1.54, 1.807) is 13.3 Å². The average molecular weight is 526 g/mol. The van der Waals surface area contributed by atoms with Crippen molar-refractivity contribution < 1.29 is 9.53 Å². The molecular weight excluding hydrogens is 494 g/mol. The number of carbonyl (C=O) groups excluding carboxylic acids is 1. The molecule has 1 aliphatic rings. The molecule has 38 heavy (non-hydrogen) atoms. The summed E-state index contributed by atoms with van der Waals surface area (Å²) in [6.07, 6.45) is 2.10. The second-order valence-corrected chi connectivity index (χ2v) is 9.73. The lowest BCUT2D eigenvalue weighted by atomic mass is 9.96. The number of amides is 1. The van der Waals surface area contributed by atoms with Gasteiger partial charge in [-0.15, -0.1) is 0 Å². The van der Waals surface area contributed by atoms with Gasteiger partial charge in [-0.05, 0) is 74.1 Å². The molecular formula is C30H31N5O2S. The highest BCUT2D eigenvalue weighted by Crippen LogP contribution is 2.41. The Morgan fingerprint density at radius 3 is 2.58 bits per heavy atom. The van der Waals surface area contributed by atoms with Crippen molar-refractivity contribution in [2.45, 2.75) is 32.4 Å². The van der Waals surface area contributed by atoms with Crippen molar-refractivity contribution in [1.29, 1.82) is 0 Å². The van der Waals surface area contributed by atoms with Crippen LogP contribution in [-0.2, 0) is 4.79 Å². The maximum absolute atomic E-state index is 12.8. The Bertz CT molecular complexity index is 1440. The van der Waals surface area contributed by atoms with E-state index in [-0.39, 0.29) is 18.0 Å². The molecule has 0 radical (unpaired) electrons. The Morgan fingerprint density at radius 1 is 1.05 bits per heavy atom. The third kappa shape index (κ3) is 5.13. The zero-order chi connectivity index (χ0) is 26.6. The molecule has 8 heteroatoms. The van der Waals surface area contributed by atoms with Gasteiger partial charge in [-0.2, -0.15) is 0 Å². The quantitative estimate of drug-likeness (QED) is 0.296. The van der Waals surface area contributed by atoms with Gasteiger partial charge in [0.15, 0.2) is 5.11 Å². The van der Waals surface area contributed by atoms with E-state index in [1.807, 2.05) is 66.7 Å². The van der Waals surface area contributed by atoms with Crippen LogP contribution in [0.5, 0.6) is 5.75 Å². The lowest BCUT2D eigenvalue weighted by Crippen LogP contribution is -2.32. The SMILES string of the molecule is COc1cccc(-n2c(C)cc(C3C(c4ccccn4)NC(=S)N3CCC(=O)Nc3ccccc3)c2C)c1. The number of hydrogen-bond donors (Lipinski definition) is 2. The van der Waals surface area contributed by atoms with Crippen molar-refractivity contribution in [3.63, 3.8) is 0 Å². The Balaban J connectivity index is 1.48. The molecule has 194 valence electrons. The van der Waals surface area contributed by atoms with Crippen LogP contribution >= 0.6 is 12.2 Å². The van der Waals surface area contributed by atoms with E-state index >= 15 is 0 Å². The van der Waals surface area contributed by atoms with Gasteiger partial charge < -0.3 is 24.8 Å². The van der Waals surface area contributed by atoms with Crippen LogP contribution in [0.2, 0.25) is 0 Å². The molecule has 3 heterocycles. The fourth-order valence-electron chi connectivity index (χ4n) is 5.19. The van der Waals surface area contributed by atoms with E-state index < -0.39 is 0 Å². The summed E-state index contributed by atoms with van der Waals surface area (Å²) in [5.41, 5.74) is 6.06. The number of pyridine rings is 1. The van der Waals surface area contributed by atoms with Crippen LogP contribution in [0.15, 0.2) is 85.1 Å². The van der Waals surface area contributed by atoms with Gasteiger partial charge in [0.2, 0.25) is 5.91 Å². The standard InChI is InChI=1S/C30H31N5O2S/c1-20-18-25(21(2)35(20)23-12-9-13-24(19-23)37-3)29-28(26-14-7-8-16-31-26)33-30(38)34(29)17-15-27(36)32-22-10-5-4-6-11-22/h4-14,16,18-19,28-29H,15,17H2,1-3H3,(H,32,36)(H,33,38). The average Bonchev–Trinajstić information content (AvgIpc) is 3.42. The number of ether oxygens (including phenoxy) is 1. The first kappa shape index (κ1) is 25.5. The van der Waals surface area contributed by atoms with E-state index in [1.165, 1.54) is 0 Å². The van der Waals surface area contributed by atoms with E-state index in [0.29, 0.717) is 18.1 Å². The van der Waals surface area contributed by atoms with Crippen molar-refractivity contribution in [3.8, 4) is 11.4 Å². The first-order valence-electron chi connectivity index (χ1n) is 12.6. The minimum atomic E-state index is -0.153. The Morgan fingerprint density at radius 2 is 1.84 bits per heavy atom. The van der Waals surface area contributed by atoms with Gasteiger partial charge in [-0.3, -0.25) is 9.78 Å². The van der Waals surface area contributed by atoms with Gasteiger partial charge >= 0.3 is 0 Å². The van der Waals surface area contributed by atoms with Gasteiger partial charge in [0.25, 0.3) is 0 Å². The molecule has 2 unspecified atom stereocenters. The molecule has 2 atom stereocenters. The Hall–Kier alpha value is -4.17. The highest BCUT2D eigenvalue weighted by molar-refractivity contribution is 7.80. The molecule has 2 aromatic heterocycles. The third-order valence-electron chi connectivity index (χ3n) is 6.94. The van der Waals surface area contributed by atoms with Crippen LogP contribution < -0.4 is 15.4 Å². The summed E-state index contributed by atoms with van der Waals surface area (Å²) in [6.45, 7) is 4.70. The van der Waals surface area contributed by atoms with E-state index in [9.17, 15) is 4.79 Å². The smallest absolute Gasteiger partial charge is 0.226 e. The van der Waals surface area contributed by atoms with Crippen molar-refractivity contribution in [3.05, 3.63) is 108 Å². The van der Waals surface area contributed by atoms with Crippen LogP contribution in [0.4, 0.5) is 5.69 Å². The number of hydrogen-bond acceptors (Lipinski definition) is 4. The summed E-state index contributed by atoms with van der Waals surface area (Å²) in [5.74, 6) is 0.749. The number of anilines is 1. The maximum atomic E-state index is 12.8. The molecule has 2 N–H and O–H groups in total. The number of thiocarbonyl (C=S) groups is 1. The highest BCUT2D eigenvalue weighted by atomic mass is 32.1. The van der Waals surface area contributed by atoms with Crippen LogP contribution in [0.1, 0.15) is 41.1 Å². The second kappa shape index (κ2) is 11.1. The minimum Gasteiger partial charge on any atom is -0.497 e. The molecule has 1 saturated heterocycles. The van der Waals surface area contributed by atoms with Crippen molar-refractivity contribution in [1.82, 2.24) is 19.8 Å². The summed E-state index contributed by atoms with van der Waals surface area (Å²) in [6, 6.07) is 25.4. The molecule has 0 aliphatic carbocycles. The maximum Gasteiger partial charge on any atom is 0.226 e. The van der Waals surface area contributed by atoms with Gasteiger partial charge in [-0.25, -0.2) is 0 Å². The van der Waals surface area contributed by atoms with Gasteiger partial charge in [-0.1, -0.05) is 30.3 Å². The summed E-state index contributed by atoms with van der Waals surface area (Å²) < 4.78 is 7.70. The van der Waals surface area contributed by atoms with Crippen molar-refractivity contribution >= 4 is 28.9 Å². The van der Waals surface area contributed by atoms with Gasteiger partial charge in [0, 0.05) is 48.0 Å².